The van der Waals surface area contributed by atoms with E-state index in [1.54, 1.807) is 13.0 Å². The molecule has 0 amide bonds. The molecule has 1 rings (SSSR count). The molecule has 0 radical (unpaired) electrons. The molecule has 15 heavy (non-hydrogen) atoms. The zero-order chi connectivity index (χ0) is 11.5. The third-order valence-electron chi connectivity index (χ3n) is 2.06. The van der Waals surface area contributed by atoms with E-state index in [2.05, 4.69) is 4.98 Å². The van der Waals surface area contributed by atoms with Crippen LogP contribution in [0.15, 0.2) is 12.3 Å². The van der Waals surface area contributed by atoms with Crippen molar-refractivity contribution >= 4 is 9.84 Å². The van der Waals surface area contributed by atoms with Gasteiger partial charge in [-0.1, -0.05) is 0 Å². The molecule has 0 fully saturated rings. The number of rotatable bonds is 3. The van der Waals surface area contributed by atoms with Crippen LogP contribution in [0.3, 0.4) is 0 Å². The molecule has 0 aliphatic heterocycles. The van der Waals surface area contributed by atoms with Crippen molar-refractivity contribution in [2.24, 2.45) is 0 Å². The molecule has 0 saturated heterocycles. The summed E-state index contributed by atoms with van der Waals surface area (Å²) in [5.74, 6) is 0.0877. The lowest BCUT2D eigenvalue weighted by Crippen LogP contribution is -2.07. The number of sulfone groups is 1. The third-order valence-corrected chi connectivity index (χ3v) is 3.01. The van der Waals surface area contributed by atoms with Crippen LogP contribution < -0.4 is 0 Å². The second-order valence-corrected chi connectivity index (χ2v) is 5.72. The minimum Gasteiger partial charge on any atom is -0.260 e. The second kappa shape index (κ2) is 4.41. The van der Waals surface area contributed by atoms with E-state index < -0.39 is 9.84 Å². The molecule has 0 N–H and O–H groups in total. The Kier molecular flexibility index (Phi) is 3.43. The minimum atomic E-state index is -2.97. The van der Waals surface area contributed by atoms with Crippen molar-refractivity contribution in [3.05, 3.63) is 29.1 Å². The molecule has 0 bridgehead atoms. The van der Waals surface area contributed by atoms with Crippen LogP contribution in [0.2, 0.25) is 0 Å². The van der Waals surface area contributed by atoms with E-state index in [-0.39, 0.29) is 5.75 Å². The fraction of sp³-hybridized carbons (Fsp3) is 0.400. The molecule has 0 spiro atoms. The molecule has 0 aromatic carbocycles. The molecule has 1 heterocycles. The lowest BCUT2D eigenvalue weighted by atomic mass is 10.1. The highest BCUT2D eigenvalue weighted by Gasteiger charge is 2.06. The maximum absolute atomic E-state index is 11.0. The number of hydrogen-bond donors (Lipinski definition) is 0. The predicted octanol–water partition coefficient (Wildman–Crippen LogP) is 0.849. The van der Waals surface area contributed by atoms with Gasteiger partial charge in [-0.05, 0) is 25.0 Å². The van der Waals surface area contributed by atoms with E-state index in [4.69, 9.17) is 5.26 Å². The third kappa shape index (κ3) is 3.68. The summed E-state index contributed by atoms with van der Waals surface area (Å²) < 4.78 is 22.0. The Balaban J connectivity index is 2.90. The van der Waals surface area contributed by atoms with Crippen LogP contribution in [0.25, 0.3) is 0 Å². The van der Waals surface area contributed by atoms with Crippen molar-refractivity contribution < 1.29 is 8.42 Å². The summed E-state index contributed by atoms with van der Waals surface area (Å²) in [6.07, 6.45) is 3.09. The Morgan fingerprint density at radius 3 is 2.73 bits per heavy atom. The van der Waals surface area contributed by atoms with Crippen molar-refractivity contribution in [3.8, 4) is 6.07 Å². The van der Waals surface area contributed by atoms with Crippen LogP contribution in [-0.2, 0) is 16.3 Å². The van der Waals surface area contributed by atoms with Crippen molar-refractivity contribution in [3.63, 3.8) is 0 Å². The lowest BCUT2D eigenvalue weighted by molar-refractivity contribution is 0.601. The van der Waals surface area contributed by atoms with Gasteiger partial charge in [0.15, 0.2) is 0 Å². The fourth-order valence-corrected chi connectivity index (χ4v) is 1.78. The van der Waals surface area contributed by atoms with Gasteiger partial charge in [0.2, 0.25) is 0 Å². The molecule has 0 saturated carbocycles. The largest absolute Gasteiger partial charge is 0.260 e. The number of hydrogen-bond acceptors (Lipinski definition) is 4. The van der Waals surface area contributed by atoms with Gasteiger partial charge >= 0.3 is 0 Å². The Hall–Kier alpha value is -1.41. The van der Waals surface area contributed by atoms with Crippen molar-refractivity contribution in [2.45, 2.75) is 13.3 Å². The number of aromatic nitrogens is 1. The first-order valence-corrected chi connectivity index (χ1v) is 6.52. The molecule has 1 aromatic rings. The van der Waals surface area contributed by atoms with Crippen LogP contribution >= 0.6 is 0 Å². The molecule has 80 valence electrons. The smallest absolute Gasteiger partial charge is 0.147 e. The van der Waals surface area contributed by atoms with Crippen LogP contribution in [0.1, 0.15) is 16.8 Å². The summed E-state index contributed by atoms with van der Waals surface area (Å²) >= 11 is 0. The summed E-state index contributed by atoms with van der Waals surface area (Å²) in [4.78, 5) is 4.03. The number of nitriles is 1. The number of pyridine rings is 1. The molecule has 0 aliphatic rings. The SMILES string of the molecule is Cc1ncc(C#N)cc1CCS(C)(=O)=O. The van der Waals surface area contributed by atoms with Gasteiger partial charge in [-0.2, -0.15) is 5.26 Å². The quantitative estimate of drug-likeness (QED) is 0.763. The first kappa shape index (κ1) is 11.7. The van der Waals surface area contributed by atoms with E-state index in [0.717, 1.165) is 11.3 Å². The Morgan fingerprint density at radius 1 is 1.53 bits per heavy atom. The highest BCUT2D eigenvalue weighted by atomic mass is 32.2. The first-order chi connectivity index (χ1) is 6.92. The number of aryl methyl sites for hydroxylation is 2. The van der Waals surface area contributed by atoms with E-state index in [1.165, 1.54) is 12.5 Å². The second-order valence-electron chi connectivity index (χ2n) is 3.46. The van der Waals surface area contributed by atoms with Gasteiger partial charge in [0, 0.05) is 18.1 Å². The van der Waals surface area contributed by atoms with E-state index >= 15 is 0 Å². The molecule has 0 aliphatic carbocycles. The van der Waals surface area contributed by atoms with Gasteiger partial charge in [0.1, 0.15) is 15.9 Å². The van der Waals surface area contributed by atoms with Crippen molar-refractivity contribution in [1.29, 1.82) is 5.26 Å². The highest BCUT2D eigenvalue weighted by molar-refractivity contribution is 7.90. The summed E-state index contributed by atoms with van der Waals surface area (Å²) in [5, 5.41) is 8.67. The summed E-state index contributed by atoms with van der Waals surface area (Å²) in [5.41, 5.74) is 2.06. The average Bonchev–Trinajstić information content (AvgIpc) is 2.15. The highest BCUT2D eigenvalue weighted by Crippen LogP contribution is 2.09. The molecule has 1 aromatic heterocycles. The molecule has 5 heteroatoms. The molecular formula is C10H12N2O2S. The standard InChI is InChI=1S/C10H12N2O2S/c1-8-10(3-4-15(2,13)14)5-9(6-11)7-12-8/h5,7H,3-4H2,1-2H3. The predicted molar refractivity (Wildman–Crippen MR) is 57.1 cm³/mol. The van der Waals surface area contributed by atoms with Crippen LogP contribution in [0.4, 0.5) is 0 Å². The van der Waals surface area contributed by atoms with Gasteiger partial charge in [-0.15, -0.1) is 0 Å². The summed E-state index contributed by atoms with van der Waals surface area (Å²) in [6.45, 7) is 1.80. The van der Waals surface area contributed by atoms with E-state index in [9.17, 15) is 8.42 Å². The van der Waals surface area contributed by atoms with Gasteiger partial charge in [0.25, 0.3) is 0 Å². The van der Waals surface area contributed by atoms with Crippen LogP contribution in [0.5, 0.6) is 0 Å². The average molecular weight is 224 g/mol. The topological polar surface area (TPSA) is 70.8 Å². The molecule has 4 nitrogen and oxygen atoms in total. The normalized spacial score (nSPS) is 11.0. The zero-order valence-electron chi connectivity index (χ0n) is 8.69. The Morgan fingerprint density at radius 2 is 2.20 bits per heavy atom. The Bertz CT molecular complexity index is 501. The fourth-order valence-electron chi connectivity index (χ4n) is 1.19. The summed E-state index contributed by atoms with van der Waals surface area (Å²) in [7, 11) is -2.97. The van der Waals surface area contributed by atoms with Gasteiger partial charge in [-0.3, -0.25) is 4.98 Å². The Labute approximate surface area is 89.5 Å². The van der Waals surface area contributed by atoms with Gasteiger partial charge < -0.3 is 0 Å². The van der Waals surface area contributed by atoms with Gasteiger partial charge in [0.05, 0.1) is 11.3 Å². The van der Waals surface area contributed by atoms with Crippen molar-refractivity contribution in [1.82, 2.24) is 4.98 Å². The zero-order valence-corrected chi connectivity index (χ0v) is 9.50. The minimum absolute atomic E-state index is 0.0877. The van der Waals surface area contributed by atoms with Crippen LogP contribution in [0, 0.1) is 18.3 Å². The lowest BCUT2D eigenvalue weighted by Gasteiger charge is -2.04. The summed E-state index contributed by atoms with van der Waals surface area (Å²) in [6, 6.07) is 3.67. The number of nitrogens with zero attached hydrogens (tertiary/aromatic N) is 2. The maximum atomic E-state index is 11.0. The van der Waals surface area contributed by atoms with Crippen molar-refractivity contribution in [2.75, 3.05) is 12.0 Å². The van der Waals surface area contributed by atoms with Gasteiger partial charge in [-0.25, -0.2) is 8.42 Å². The molecular weight excluding hydrogens is 212 g/mol. The maximum Gasteiger partial charge on any atom is 0.147 e. The van der Waals surface area contributed by atoms with E-state index in [1.807, 2.05) is 6.07 Å². The monoisotopic (exact) mass is 224 g/mol. The van der Waals surface area contributed by atoms with E-state index in [0.29, 0.717) is 12.0 Å². The van der Waals surface area contributed by atoms with Crippen LogP contribution in [-0.4, -0.2) is 25.4 Å². The molecule has 0 atom stereocenters. The first-order valence-electron chi connectivity index (χ1n) is 4.46. The molecule has 0 unspecified atom stereocenters.